The first kappa shape index (κ1) is 18.1. The highest BCUT2D eigenvalue weighted by molar-refractivity contribution is 9.10. The van der Waals surface area contributed by atoms with Crippen molar-refractivity contribution in [3.05, 3.63) is 64.4 Å². The molecule has 3 aromatic rings. The average Bonchev–Trinajstić information content (AvgIpc) is 3.14. The van der Waals surface area contributed by atoms with Crippen LogP contribution in [-0.2, 0) is 6.42 Å². The minimum Gasteiger partial charge on any atom is -0.353 e. The Kier molecular flexibility index (Phi) is 5.50. The van der Waals surface area contributed by atoms with Crippen LogP contribution in [0.15, 0.2) is 53.1 Å². The fourth-order valence-corrected chi connectivity index (χ4v) is 3.55. The van der Waals surface area contributed by atoms with E-state index >= 15 is 0 Å². The number of rotatable bonds is 5. The summed E-state index contributed by atoms with van der Waals surface area (Å²) >= 11 is 3.49. The summed E-state index contributed by atoms with van der Waals surface area (Å²) in [4.78, 5) is 4.83. The van der Waals surface area contributed by atoms with E-state index in [1.807, 2.05) is 31.3 Å². The monoisotopic (exact) mass is 426 g/mol. The molecule has 1 aromatic carbocycles. The second-order valence-electron chi connectivity index (χ2n) is 6.86. The molecule has 0 bridgehead atoms. The fourth-order valence-electron chi connectivity index (χ4n) is 3.29. The molecule has 0 spiro atoms. The van der Waals surface area contributed by atoms with Crippen molar-refractivity contribution >= 4 is 21.7 Å². The largest absolute Gasteiger partial charge is 0.353 e. The Bertz CT molecular complexity index is 866. The van der Waals surface area contributed by atoms with E-state index in [0.29, 0.717) is 0 Å². The van der Waals surface area contributed by atoms with Gasteiger partial charge in [0.25, 0.3) is 0 Å². The highest BCUT2D eigenvalue weighted by Crippen LogP contribution is 2.15. The standard InChI is InChI=1S/C20H23BrN6/c1-16-8-11-27(24-16)20-7-6-19(22-23-20)26-14-12-25(13-15-26)10-9-17-2-4-18(21)5-3-17/h2-8,11H,9-10,12-15H2,1H3. The van der Waals surface area contributed by atoms with Crippen LogP contribution in [-0.4, -0.2) is 57.6 Å². The van der Waals surface area contributed by atoms with E-state index in [-0.39, 0.29) is 0 Å². The molecule has 7 heteroatoms. The molecule has 0 atom stereocenters. The van der Waals surface area contributed by atoms with Crippen LogP contribution in [0.4, 0.5) is 5.82 Å². The van der Waals surface area contributed by atoms with Crippen LogP contribution in [0.2, 0.25) is 0 Å². The molecular formula is C20H23BrN6. The van der Waals surface area contributed by atoms with Crippen LogP contribution in [0.5, 0.6) is 0 Å². The van der Waals surface area contributed by atoms with Gasteiger partial charge in [0.1, 0.15) is 0 Å². The molecule has 4 rings (SSSR count). The Balaban J connectivity index is 1.29. The first-order chi connectivity index (χ1) is 13.2. The Labute approximate surface area is 167 Å². The Morgan fingerprint density at radius 3 is 2.22 bits per heavy atom. The van der Waals surface area contributed by atoms with Crippen molar-refractivity contribution in [1.29, 1.82) is 0 Å². The third-order valence-corrected chi connectivity index (χ3v) is 5.45. The summed E-state index contributed by atoms with van der Waals surface area (Å²) in [5, 5.41) is 13.1. The van der Waals surface area contributed by atoms with Crippen LogP contribution in [0, 0.1) is 6.92 Å². The summed E-state index contributed by atoms with van der Waals surface area (Å²) in [5.74, 6) is 1.69. The molecule has 1 aliphatic rings. The number of anilines is 1. The van der Waals surface area contributed by atoms with Gasteiger partial charge in [0.15, 0.2) is 11.6 Å². The van der Waals surface area contributed by atoms with Gasteiger partial charge in [-0.25, -0.2) is 4.68 Å². The summed E-state index contributed by atoms with van der Waals surface area (Å²) in [6.07, 6.45) is 2.99. The summed E-state index contributed by atoms with van der Waals surface area (Å²) in [5.41, 5.74) is 2.36. The first-order valence-corrected chi connectivity index (χ1v) is 10.0. The Morgan fingerprint density at radius 1 is 0.889 bits per heavy atom. The topological polar surface area (TPSA) is 50.1 Å². The summed E-state index contributed by atoms with van der Waals surface area (Å²) < 4.78 is 2.89. The van der Waals surface area contributed by atoms with Crippen molar-refractivity contribution in [2.24, 2.45) is 0 Å². The van der Waals surface area contributed by atoms with Gasteiger partial charge in [0.05, 0.1) is 5.69 Å². The number of halogens is 1. The fraction of sp³-hybridized carbons (Fsp3) is 0.350. The molecule has 0 saturated carbocycles. The van der Waals surface area contributed by atoms with Gasteiger partial charge in [-0.15, -0.1) is 10.2 Å². The second-order valence-corrected chi connectivity index (χ2v) is 7.77. The zero-order valence-electron chi connectivity index (χ0n) is 15.4. The van der Waals surface area contributed by atoms with Crippen molar-refractivity contribution in [1.82, 2.24) is 24.9 Å². The van der Waals surface area contributed by atoms with Crippen molar-refractivity contribution in [2.75, 3.05) is 37.6 Å². The van der Waals surface area contributed by atoms with Crippen molar-refractivity contribution in [2.45, 2.75) is 13.3 Å². The van der Waals surface area contributed by atoms with Gasteiger partial charge in [-0.05, 0) is 49.2 Å². The molecule has 0 unspecified atom stereocenters. The minimum absolute atomic E-state index is 0.750. The number of nitrogens with zero attached hydrogens (tertiary/aromatic N) is 6. The second kappa shape index (κ2) is 8.19. The predicted molar refractivity (Wildman–Crippen MR) is 110 cm³/mol. The number of aryl methyl sites for hydroxylation is 1. The first-order valence-electron chi connectivity index (χ1n) is 9.25. The lowest BCUT2D eigenvalue weighted by atomic mass is 10.1. The van der Waals surface area contributed by atoms with Crippen LogP contribution < -0.4 is 4.90 Å². The van der Waals surface area contributed by atoms with E-state index in [2.05, 4.69) is 65.3 Å². The molecule has 2 aromatic heterocycles. The number of hydrogen-bond acceptors (Lipinski definition) is 5. The molecule has 0 radical (unpaired) electrons. The molecule has 1 fully saturated rings. The lowest BCUT2D eigenvalue weighted by Crippen LogP contribution is -2.47. The third-order valence-electron chi connectivity index (χ3n) is 4.92. The molecule has 27 heavy (non-hydrogen) atoms. The van der Waals surface area contributed by atoms with Gasteiger partial charge in [-0.1, -0.05) is 28.1 Å². The number of benzene rings is 1. The lowest BCUT2D eigenvalue weighted by Gasteiger charge is -2.35. The van der Waals surface area contributed by atoms with E-state index < -0.39 is 0 Å². The van der Waals surface area contributed by atoms with Gasteiger partial charge < -0.3 is 4.90 Å². The summed E-state index contributed by atoms with van der Waals surface area (Å²) in [6.45, 7) is 7.13. The molecule has 3 heterocycles. The predicted octanol–water partition coefficient (Wildman–Crippen LogP) is 3.10. The van der Waals surface area contributed by atoms with Crippen molar-refractivity contribution in [3.8, 4) is 5.82 Å². The number of hydrogen-bond donors (Lipinski definition) is 0. The molecule has 1 saturated heterocycles. The zero-order chi connectivity index (χ0) is 18.6. The van der Waals surface area contributed by atoms with E-state index in [4.69, 9.17) is 0 Å². The maximum absolute atomic E-state index is 4.41. The Morgan fingerprint density at radius 2 is 1.59 bits per heavy atom. The summed E-state index contributed by atoms with van der Waals surface area (Å²) in [6, 6.07) is 14.6. The van der Waals surface area contributed by atoms with Gasteiger partial charge in [-0.2, -0.15) is 5.10 Å². The van der Waals surface area contributed by atoms with Crippen LogP contribution >= 0.6 is 15.9 Å². The molecule has 0 aliphatic carbocycles. The summed E-state index contributed by atoms with van der Waals surface area (Å²) in [7, 11) is 0. The molecular weight excluding hydrogens is 404 g/mol. The van der Waals surface area contributed by atoms with Crippen molar-refractivity contribution < 1.29 is 0 Å². The van der Waals surface area contributed by atoms with Gasteiger partial charge >= 0.3 is 0 Å². The molecule has 6 nitrogen and oxygen atoms in total. The smallest absolute Gasteiger partial charge is 0.175 e. The van der Waals surface area contributed by atoms with Gasteiger partial charge in [0, 0.05) is 43.4 Å². The normalized spacial score (nSPS) is 15.3. The van der Waals surface area contributed by atoms with E-state index in [1.165, 1.54) is 5.56 Å². The molecule has 0 amide bonds. The molecule has 1 aliphatic heterocycles. The van der Waals surface area contributed by atoms with Crippen LogP contribution in [0.25, 0.3) is 5.82 Å². The van der Waals surface area contributed by atoms with Crippen LogP contribution in [0.3, 0.4) is 0 Å². The van der Waals surface area contributed by atoms with Crippen LogP contribution in [0.1, 0.15) is 11.3 Å². The zero-order valence-corrected chi connectivity index (χ0v) is 17.0. The SMILES string of the molecule is Cc1ccn(-c2ccc(N3CCN(CCc4ccc(Br)cc4)CC3)nn2)n1. The quantitative estimate of drug-likeness (QED) is 0.627. The highest BCUT2D eigenvalue weighted by atomic mass is 79.9. The lowest BCUT2D eigenvalue weighted by molar-refractivity contribution is 0.260. The maximum Gasteiger partial charge on any atom is 0.175 e. The Hall–Kier alpha value is -2.25. The van der Waals surface area contributed by atoms with Crippen molar-refractivity contribution in [3.63, 3.8) is 0 Å². The van der Waals surface area contributed by atoms with Gasteiger partial charge in [-0.3, -0.25) is 4.90 Å². The van der Waals surface area contributed by atoms with E-state index in [9.17, 15) is 0 Å². The van der Waals surface area contributed by atoms with E-state index in [1.54, 1.807) is 4.68 Å². The number of aromatic nitrogens is 4. The molecule has 0 N–H and O–H groups in total. The minimum atomic E-state index is 0.750. The van der Waals surface area contributed by atoms with E-state index in [0.717, 1.165) is 60.9 Å². The average molecular weight is 427 g/mol. The number of piperazine rings is 1. The maximum atomic E-state index is 4.41. The highest BCUT2D eigenvalue weighted by Gasteiger charge is 2.18. The van der Waals surface area contributed by atoms with Gasteiger partial charge in [0.2, 0.25) is 0 Å². The third kappa shape index (κ3) is 4.54. The molecule has 140 valence electrons.